The van der Waals surface area contributed by atoms with Gasteiger partial charge >= 0.3 is 0 Å². The molecule has 0 saturated heterocycles. The van der Waals surface area contributed by atoms with E-state index in [1.54, 1.807) is 0 Å². The molecule has 0 bridgehead atoms. The average Bonchev–Trinajstić information content (AvgIpc) is 1.87. The predicted octanol–water partition coefficient (Wildman–Crippen LogP) is 3.45. The fourth-order valence-electron chi connectivity index (χ4n) is 0.679. The molecule has 0 fully saturated rings. The number of allylic oxidation sites excluding steroid dienone is 2. The van der Waals surface area contributed by atoms with Crippen LogP contribution in [0.25, 0.3) is 0 Å². The van der Waals surface area contributed by atoms with Gasteiger partial charge in [0, 0.05) is 0 Å². The third-order valence-electron chi connectivity index (χ3n) is 1.65. The Balaban J connectivity index is 3.36. The zero-order valence-electron chi connectivity index (χ0n) is 7.43. The largest absolute Gasteiger partial charge is 0.0880 e. The first-order chi connectivity index (χ1) is 4.66. The molecular weight excluding hydrogens is 120 g/mol. The van der Waals surface area contributed by atoms with Crippen LogP contribution in [0.15, 0.2) is 12.2 Å². The van der Waals surface area contributed by atoms with Crippen LogP contribution in [0.3, 0.4) is 0 Å². The van der Waals surface area contributed by atoms with Gasteiger partial charge in [-0.2, -0.15) is 0 Å². The monoisotopic (exact) mass is 139 g/mol. The fourth-order valence-corrected chi connectivity index (χ4v) is 0.679. The Hall–Kier alpha value is -0.260. The van der Waals surface area contributed by atoms with Gasteiger partial charge in [0.25, 0.3) is 0 Å². The maximum Gasteiger partial charge on any atom is -0.0265 e. The summed E-state index contributed by atoms with van der Waals surface area (Å²) in [6, 6.07) is 0. The topological polar surface area (TPSA) is 0 Å². The Morgan fingerprint density at radius 3 is 2.40 bits per heavy atom. The summed E-state index contributed by atoms with van der Waals surface area (Å²) in [7, 11) is 0. The van der Waals surface area contributed by atoms with Crippen molar-refractivity contribution < 1.29 is 0 Å². The summed E-state index contributed by atoms with van der Waals surface area (Å²) in [5, 5.41) is 0. The first-order valence-electron chi connectivity index (χ1n) is 4.16. The molecule has 2 unspecified atom stereocenters. The van der Waals surface area contributed by atoms with Crippen LogP contribution in [-0.4, -0.2) is 0 Å². The van der Waals surface area contributed by atoms with Crippen LogP contribution in [0.2, 0.25) is 0 Å². The zero-order valence-corrected chi connectivity index (χ0v) is 7.43. The summed E-state index contributed by atoms with van der Waals surface area (Å²) in [5.74, 6) is 1.29. The van der Waals surface area contributed by atoms with Crippen LogP contribution >= 0.6 is 0 Å². The lowest BCUT2D eigenvalue weighted by Crippen LogP contribution is -1.86. The molecule has 0 nitrogen and oxygen atoms in total. The summed E-state index contributed by atoms with van der Waals surface area (Å²) >= 11 is 0. The smallest absolute Gasteiger partial charge is 0.0265 e. The molecule has 0 aliphatic heterocycles. The molecule has 0 aromatic rings. The summed E-state index contributed by atoms with van der Waals surface area (Å²) in [4.78, 5) is 0. The number of hydrogen-bond donors (Lipinski definition) is 0. The maximum absolute atomic E-state index is 3.91. The van der Waals surface area contributed by atoms with Gasteiger partial charge in [-0.15, -0.1) is 0 Å². The van der Waals surface area contributed by atoms with E-state index < -0.39 is 0 Å². The Kier molecular flexibility index (Phi) is 5.38. The highest BCUT2D eigenvalue weighted by Gasteiger charge is 1.91. The minimum absolute atomic E-state index is 0.556. The van der Waals surface area contributed by atoms with Crippen molar-refractivity contribution in [3.05, 3.63) is 19.1 Å². The molecule has 0 aliphatic carbocycles. The maximum atomic E-state index is 3.91. The molecular formula is C10H19. The second kappa shape index (κ2) is 5.52. The van der Waals surface area contributed by atoms with E-state index in [1.165, 1.54) is 6.42 Å². The van der Waals surface area contributed by atoms with Gasteiger partial charge in [-0.05, 0) is 18.3 Å². The van der Waals surface area contributed by atoms with Crippen molar-refractivity contribution in [2.45, 2.75) is 33.6 Å². The highest BCUT2D eigenvalue weighted by Crippen LogP contribution is 2.05. The van der Waals surface area contributed by atoms with Gasteiger partial charge in [0.1, 0.15) is 0 Å². The average molecular weight is 139 g/mol. The lowest BCUT2D eigenvalue weighted by molar-refractivity contribution is 0.682. The summed E-state index contributed by atoms with van der Waals surface area (Å²) in [6.07, 6.45) is 6.87. The van der Waals surface area contributed by atoms with Crippen molar-refractivity contribution in [3.63, 3.8) is 0 Å². The van der Waals surface area contributed by atoms with Gasteiger partial charge in [-0.25, -0.2) is 0 Å². The third-order valence-corrected chi connectivity index (χ3v) is 1.65. The van der Waals surface area contributed by atoms with Gasteiger partial charge in [0.05, 0.1) is 0 Å². The highest BCUT2D eigenvalue weighted by atomic mass is 14.0. The van der Waals surface area contributed by atoms with Crippen LogP contribution in [0.5, 0.6) is 0 Å². The van der Waals surface area contributed by atoms with Crippen LogP contribution in [0.1, 0.15) is 33.6 Å². The van der Waals surface area contributed by atoms with E-state index >= 15 is 0 Å². The molecule has 0 amide bonds. The van der Waals surface area contributed by atoms with E-state index in [0.717, 1.165) is 12.3 Å². The Morgan fingerprint density at radius 2 is 2.00 bits per heavy atom. The van der Waals surface area contributed by atoms with Gasteiger partial charge in [-0.1, -0.05) is 46.3 Å². The Bertz CT molecular complexity index is 90.2. The molecule has 0 aromatic carbocycles. The van der Waals surface area contributed by atoms with E-state index in [0.29, 0.717) is 5.92 Å². The predicted molar refractivity (Wildman–Crippen MR) is 47.7 cm³/mol. The minimum atomic E-state index is 0.556. The third kappa shape index (κ3) is 5.87. The minimum Gasteiger partial charge on any atom is -0.0880 e. The Labute approximate surface area is 65.3 Å². The molecule has 0 saturated carbocycles. The van der Waals surface area contributed by atoms with E-state index in [1.807, 2.05) is 0 Å². The molecule has 0 spiro atoms. The summed E-state index contributed by atoms with van der Waals surface area (Å²) in [5.41, 5.74) is 0. The molecule has 0 rings (SSSR count). The molecule has 0 heteroatoms. The van der Waals surface area contributed by atoms with Crippen molar-refractivity contribution in [2.24, 2.45) is 11.8 Å². The zero-order chi connectivity index (χ0) is 7.98. The van der Waals surface area contributed by atoms with Crippen LogP contribution in [-0.2, 0) is 0 Å². The van der Waals surface area contributed by atoms with Crippen LogP contribution in [0.4, 0.5) is 0 Å². The van der Waals surface area contributed by atoms with Crippen molar-refractivity contribution in [1.82, 2.24) is 0 Å². The SMILES string of the molecule is [CH2]C(C)C/C=C/C(C)CC. The highest BCUT2D eigenvalue weighted by molar-refractivity contribution is 4.87. The molecule has 0 heterocycles. The van der Waals surface area contributed by atoms with E-state index in [2.05, 4.69) is 39.8 Å². The summed E-state index contributed by atoms with van der Waals surface area (Å²) in [6.45, 7) is 10.5. The molecule has 0 aliphatic rings. The number of hydrogen-bond acceptors (Lipinski definition) is 0. The van der Waals surface area contributed by atoms with Gasteiger partial charge in [0.2, 0.25) is 0 Å². The quantitative estimate of drug-likeness (QED) is 0.523. The Morgan fingerprint density at radius 1 is 1.40 bits per heavy atom. The first kappa shape index (κ1) is 9.74. The molecule has 1 radical (unpaired) electrons. The lowest BCUT2D eigenvalue weighted by atomic mass is 10.1. The van der Waals surface area contributed by atoms with Gasteiger partial charge in [-0.3, -0.25) is 0 Å². The normalized spacial score (nSPS) is 14.9. The van der Waals surface area contributed by atoms with Gasteiger partial charge < -0.3 is 0 Å². The van der Waals surface area contributed by atoms with Crippen molar-refractivity contribution in [2.75, 3.05) is 0 Å². The van der Waals surface area contributed by atoms with Crippen molar-refractivity contribution in [1.29, 1.82) is 0 Å². The molecule has 59 valence electrons. The van der Waals surface area contributed by atoms with E-state index in [4.69, 9.17) is 0 Å². The molecule has 0 aromatic heterocycles. The van der Waals surface area contributed by atoms with E-state index in [-0.39, 0.29) is 0 Å². The molecule has 10 heavy (non-hydrogen) atoms. The lowest BCUT2D eigenvalue weighted by Gasteiger charge is -2.00. The van der Waals surface area contributed by atoms with Crippen LogP contribution < -0.4 is 0 Å². The summed E-state index contributed by atoms with van der Waals surface area (Å²) < 4.78 is 0. The fraction of sp³-hybridized carbons (Fsp3) is 0.700. The van der Waals surface area contributed by atoms with Gasteiger partial charge in [0.15, 0.2) is 0 Å². The molecule has 0 N–H and O–H groups in total. The van der Waals surface area contributed by atoms with Crippen LogP contribution in [0, 0.1) is 18.8 Å². The van der Waals surface area contributed by atoms with E-state index in [9.17, 15) is 0 Å². The standard InChI is InChI=1S/C10H19/c1-5-10(4)8-6-7-9(2)3/h6,8-10H,2,5,7H2,1,3-4H3/b8-6+. The first-order valence-corrected chi connectivity index (χ1v) is 4.16. The number of rotatable bonds is 4. The second-order valence-electron chi connectivity index (χ2n) is 3.15. The van der Waals surface area contributed by atoms with Crippen molar-refractivity contribution >= 4 is 0 Å². The molecule has 2 atom stereocenters. The van der Waals surface area contributed by atoms with Crippen molar-refractivity contribution in [3.8, 4) is 0 Å². The second-order valence-corrected chi connectivity index (χ2v) is 3.15.